The smallest absolute Gasteiger partial charge is 0.241 e. The molecule has 0 amide bonds. The van der Waals surface area contributed by atoms with Crippen LogP contribution in [0.15, 0.2) is 39.8 Å². The summed E-state index contributed by atoms with van der Waals surface area (Å²) in [6, 6.07) is 6.76. The van der Waals surface area contributed by atoms with Crippen LogP contribution >= 0.6 is 0 Å². The standard InChI is InChI=1S/C14H17NO4S/c1-10-8-14(11(2)7-13(10)18-3)20(16,17)15-9-12-5-4-6-19-12/h4-8,15H,9H2,1-3H3. The Bertz CT molecular complexity index is 690. The van der Waals surface area contributed by atoms with Gasteiger partial charge in [0.25, 0.3) is 0 Å². The fourth-order valence-electron chi connectivity index (χ4n) is 1.93. The highest BCUT2D eigenvalue weighted by Gasteiger charge is 2.18. The molecule has 0 spiro atoms. The number of nitrogens with one attached hydrogen (secondary N) is 1. The number of hydrogen-bond donors (Lipinski definition) is 1. The molecule has 5 nitrogen and oxygen atoms in total. The molecule has 1 aromatic carbocycles. The maximum atomic E-state index is 12.3. The molecule has 1 aromatic heterocycles. The van der Waals surface area contributed by atoms with Crippen LogP contribution in [0.4, 0.5) is 0 Å². The maximum absolute atomic E-state index is 12.3. The van der Waals surface area contributed by atoms with E-state index in [1.54, 1.807) is 38.3 Å². The molecular weight excluding hydrogens is 278 g/mol. The number of aryl methyl sites for hydroxylation is 2. The summed E-state index contributed by atoms with van der Waals surface area (Å²) in [5.74, 6) is 1.24. The minimum Gasteiger partial charge on any atom is -0.496 e. The van der Waals surface area contributed by atoms with Gasteiger partial charge in [-0.15, -0.1) is 0 Å². The molecule has 1 heterocycles. The summed E-state index contributed by atoms with van der Waals surface area (Å²) in [6.45, 7) is 3.67. The second kappa shape index (κ2) is 5.68. The molecule has 0 radical (unpaired) electrons. The Hall–Kier alpha value is -1.79. The molecule has 0 aliphatic heterocycles. The third-order valence-corrected chi connectivity index (χ3v) is 4.54. The zero-order valence-corrected chi connectivity index (χ0v) is 12.5. The number of hydrogen-bond acceptors (Lipinski definition) is 4. The number of rotatable bonds is 5. The van der Waals surface area contributed by atoms with Crippen LogP contribution in [0.25, 0.3) is 0 Å². The van der Waals surface area contributed by atoms with E-state index in [-0.39, 0.29) is 11.4 Å². The van der Waals surface area contributed by atoms with E-state index in [1.165, 1.54) is 6.26 Å². The van der Waals surface area contributed by atoms with Crippen molar-refractivity contribution in [1.29, 1.82) is 0 Å². The number of methoxy groups -OCH3 is 1. The molecule has 0 aliphatic rings. The third kappa shape index (κ3) is 3.02. The average molecular weight is 295 g/mol. The summed E-state index contributed by atoms with van der Waals surface area (Å²) in [7, 11) is -2.02. The van der Waals surface area contributed by atoms with Gasteiger partial charge in [-0.05, 0) is 49.2 Å². The Morgan fingerprint density at radius 2 is 2.00 bits per heavy atom. The predicted octanol–water partition coefficient (Wildman–Crippen LogP) is 2.38. The molecule has 0 unspecified atom stereocenters. The molecule has 2 aromatic rings. The van der Waals surface area contributed by atoms with Crippen molar-refractivity contribution in [2.24, 2.45) is 0 Å². The highest BCUT2D eigenvalue weighted by atomic mass is 32.2. The number of sulfonamides is 1. The van der Waals surface area contributed by atoms with Crippen molar-refractivity contribution in [2.75, 3.05) is 7.11 Å². The van der Waals surface area contributed by atoms with Gasteiger partial charge in [0.2, 0.25) is 10.0 Å². The van der Waals surface area contributed by atoms with Gasteiger partial charge in [-0.2, -0.15) is 0 Å². The zero-order valence-electron chi connectivity index (χ0n) is 11.6. The first-order valence-electron chi connectivity index (χ1n) is 6.11. The van der Waals surface area contributed by atoms with Crippen molar-refractivity contribution >= 4 is 10.0 Å². The summed E-state index contributed by atoms with van der Waals surface area (Å²) < 4.78 is 37.4. The van der Waals surface area contributed by atoms with Crippen molar-refractivity contribution < 1.29 is 17.6 Å². The monoisotopic (exact) mass is 295 g/mol. The largest absolute Gasteiger partial charge is 0.496 e. The zero-order chi connectivity index (χ0) is 14.8. The van der Waals surface area contributed by atoms with Crippen LogP contribution in [-0.4, -0.2) is 15.5 Å². The summed E-state index contributed by atoms with van der Waals surface area (Å²) in [4.78, 5) is 0.252. The van der Waals surface area contributed by atoms with E-state index >= 15 is 0 Å². The van der Waals surface area contributed by atoms with E-state index in [4.69, 9.17) is 9.15 Å². The van der Waals surface area contributed by atoms with E-state index in [1.807, 2.05) is 6.92 Å². The van der Waals surface area contributed by atoms with Crippen molar-refractivity contribution in [3.63, 3.8) is 0 Å². The van der Waals surface area contributed by atoms with E-state index in [0.29, 0.717) is 17.1 Å². The summed E-state index contributed by atoms with van der Waals surface area (Å²) in [5.41, 5.74) is 1.41. The molecular formula is C14H17NO4S. The number of ether oxygens (including phenoxy) is 1. The highest BCUT2D eigenvalue weighted by molar-refractivity contribution is 7.89. The lowest BCUT2D eigenvalue weighted by atomic mass is 10.1. The lowest BCUT2D eigenvalue weighted by molar-refractivity contribution is 0.411. The van der Waals surface area contributed by atoms with Gasteiger partial charge in [0, 0.05) is 0 Å². The molecule has 0 aliphatic carbocycles. The first-order chi connectivity index (χ1) is 9.44. The Morgan fingerprint density at radius 1 is 1.25 bits per heavy atom. The lowest BCUT2D eigenvalue weighted by Crippen LogP contribution is -2.24. The van der Waals surface area contributed by atoms with Gasteiger partial charge in [0.15, 0.2) is 0 Å². The van der Waals surface area contributed by atoms with Crippen molar-refractivity contribution in [3.8, 4) is 5.75 Å². The second-order valence-electron chi connectivity index (χ2n) is 4.49. The second-order valence-corrected chi connectivity index (χ2v) is 6.23. The molecule has 0 saturated carbocycles. The van der Waals surface area contributed by atoms with E-state index < -0.39 is 10.0 Å². The molecule has 1 N–H and O–H groups in total. The fourth-order valence-corrected chi connectivity index (χ4v) is 3.23. The Balaban J connectivity index is 2.27. The van der Waals surface area contributed by atoms with Gasteiger partial charge in [0.05, 0.1) is 24.8 Å². The molecule has 0 atom stereocenters. The SMILES string of the molecule is COc1cc(C)c(S(=O)(=O)NCc2ccco2)cc1C. The first kappa shape index (κ1) is 14.6. The van der Waals surface area contributed by atoms with Gasteiger partial charge >= 0.3 is 0 Å². The molecule has 6 heteroatoms. The van der Waals surface area contributed by atoms with Crippen LogP contribution in [-0.2, 0) is 16.6 Å². The van der Waals surface area contributed by atoms with Crippen LogP contribution in [0.1, 0.15) is 16.9 Å². The van der Waals surface area contributed by atoms with Crippen molar-refractivity contribution in [3.05, 3.63) is 47.4 Å². The van der Waals surface area contributed by atoms with Crippen LogP contribution in [0, 0.1) is 13.8 Å². The molecule has 0 saturated heterocycles. The van der Waals surface area contributed by atoms with Crippen LogP contribution in [0.2, 0.25) is 0 Å². The Kier molecular flexibility index (Phi) is 4.15. The van der Waals surface area contributed by atoms with Gasteiger partial charge < -0.3 is 9.15 Å². The topological polar surface area (TPSA) is 68.5 Å². The summed E-state index contributed by atoms with van der Waals surface area (Å²) >= 11 is 0. The van der Waals surface area contributed by atoms with Gasteiger partial charge in [-0.3, -0.25) is 0 Å². The first-order valence-corrected chi connectivity index (χ1v) is 7.59. The molecule has 0 bridgehead atoms. The Labute approximate surface area is 118 Å². The van der Waals surface area contributed by atoms with Gasteiger partial charge in [-0.1, -0.05) is 0 Å². The highest BCUT2D eigenvalue weighted by Crippen LogP contribution is 2.25. The molecule has 2 rings (SSSR count). The average Bonchev–Trinajstić information content (AvgIpc) is 2.92. The van der Waals surface area contributed by atoms with Crippen LogP contribution < -0.4 is 9.46 Å². The molecule has 20 heavy (non-hydrogen) atoms. The van der Waals surface area contributed by atoms with E-state index in [9.17, 15) is 8.42 Å². The van der Waals surface area contributed by atoms with Crippen LogP contribution in [0.5, 0.6) is 5.75 Å². The maximum Gasteiger partial charge on any atom is 0.241 e. The number of furan rings is 1. The van der Waals surface area contributed by atoms with E-state index in [0.717, 1.165) is 5.56 Å². The van der Waals surface area contributed by atoms with E-state index in [2.05, 4.69) is 4.72 Å². The fraction of sp³-hybridized carbons (Fsp3) is 0.286. The predicted molar refractivity (Wildman–Crippen MR) is 75.2 cm³/mol. The van der Waals surface area contributed by atoms with Crippen molar-refractivity contribution in [2.45, 2.75) is 25.3 Å². The normalized spacial score (nSPS) is 11.6. The minimum absolute atomic E-state index is 0.125. The van der Waals surface area contributed by atoms with Crippen molar-refractivity contribution in [1.82, 2.24) is 4.72 Å². The third-order valence-electron chi connectivity index (χ3n) is 3.00. The number of benzene rings is 1. The van der Waals surface area contributed by atoms with Crippen LogP contribution in [0.3, 0.4) is 0 Å². The Morgan fingerprint density at radius 3 is 2.60 bits per heavy atom. The lowest BCUT2D eigenvalue weighted by Gasteiger charge is -2.12. The van der Waals surface area contributed by atoms with Gasteiger partial charge in [0.1, 0.15) is 11.5 Å². The molecule has 108 valence electrons. The molecule has 0 fully saturated rings. The summed E-state index contributed by atoms with van der Waals surface area (Å²) in [6.07, 6.45) is 1.51. The summed E-state index contributed by atoms with van der Waals surface area (Å²) in [5, 5.41) is 0. The quantitative estimate of drug-likeness (QED) is 0.919. The minimum atomic E-state index is -3.58. The van der Waals surface area contributed by atoms with Gasteiger partial charge in [-0.25, -0.2) is 13.1 Å².